The SMILES string of the molecule is CCCCN(CCO)CC1(O)CCCCC1. The molecule has 1 rings (SSSR count). The Kier molecular flexibility index (Phi) is 6.32. The molecule has 0 atom stereocenters. The summed E-state index contributed by atoms with van der Waals surface area (Å²) in [5, 5.41) is 19.5. The lowest BCUT2D eigenvalue weighted by Crippen LogP contribution is -2.45. The standard InChI is InChI=1S/C13H27NO2/c1-2-3-9-14(10-11-15)12-13(16)7-5-4-6-8-13/h15-16H,2-12H2,1H3. The van der Waals surface area contributed by atoms with Crippen molar-refractivity contribution in [2.75, 3.05) is 26.2 Å². The number of aliphatic hydroxyl groups is 2. The van der Waals surface area contributed by atoms with Crippen LogP contribution in [0.5, 0.6) is 0 Å². The van der Waals surface area contributed by atoms with Crippen LogP contribution in [-0.4, -0.2) is 47.0 Å². The Balaban J connectivity index is 2.38. The molecule has 1 fully saturated rings. The molecule has 0 heterocycles. The predicted molar refractivity (Wildman–Crippen MR) is 66.5 cm³/mol. The van der Waals surface area contributed by atoms with Crippen molar-refractivity contribution in [1.29, 1.82) is 0 Å². The summed E-state index contributed by atoms with van der Waals surface area (Å²) in [7, 11) is 0. The van der Waals surface area contributed by atoms with Crippen LogP contribution in [0.25, 0.3) is 0 Å². The summed E-state index contributed by atoms with van der Waals surface area (Å²) < 4.78 is 0. The fourth-order valence-corrected chi connectivity index (χ4v) is 2.58. The third-order valence-corrected chi connectivity index (χ3v) is 3.55. The zero-order valence-corrected chi connectivity index (χ0v) is 10.6. The molecular weight excluding hydrogens is 202 g/mol. The van der Waals surface area contributed by atoms with E-state index in [1.54, 1.807) is 0 Å². The highest BCUT2D eigenvalue weighted by Gasteiger charge is 2.30. The molecule has 0 aromatic rings. The van der Waals surface area contributed by atoms with E-state index < -0.39 is 5.60 Å². The van der Waals surface area contributed by atoms with Crippen molar-refractivity contribution in [1.82, 2.24) is 4.90 Å². The molecule has 3 heteroatoms. The number of hydrogen-bond acceptors (Lipinski definition) is 3. The van der Waals surface area contributed by atoms with Crippen molar-refractivity contribution in [2.24, 2.45) is 0 Å². The zero-order valence-electron chi connectivity index (χ0n) is 10.6. The number of unbranched alkanes of at least 4 members (excludes halogenated alkanes) is 1. The average Bonchev–Trinajstić information content (AvgIpc) is 2.27. The summed E-state index contributed by atoms with van der Waals surface area (Å²) in [4.78, 5) is 2.22. The van der Waals surface area contributed by atoms with Crippen LogP contribution in [0.1, 0.15) is 51.9 Å². The molecular formula is C13H27NO2. The van der Waals surface area contributed by atoms with Crippen LogP contribution >= 0.6 is 0 Å². The lowest BCUT2D eigenvalue weighted by molar-refractivity contribution is -0.0289. The zero-order chi connectivity index (χ0) is 11.9. The molecule has 0 aliphatic heterocycles. The van der Waals surface area contributed by atoms with Gasteiger partial charge in [-0.2, -0.15) is 0 Å². The summed E-state index contributed by atoms with van der Waals surface area (Å²) in [6.45, 7) is 4.81. The van der Waals surface area contributed by atoms with Gasteiger partial charge in [-0.1, -0.05) is 32.6 Å². The van der Waals surface area contributed by atoms with Gasteiger partial charge in [0.25, 0.3) is 0 Å². The second-order valence-corrected chi connectivity index (χ2v) is 5.14. The Morgan fingerprint density at radius 2 is 1.81 bits per heavy atom. The van der Waals surface area contributed by atoms with Crippen molar-refractivity contribution in [2.45, 2.75) is 57.5 Å². The summed E-state index contributed by atoms with van der Waals surface area (Å²) in [6, 6.07) is 0. The molecule has 0 amide bonds. The van der Waals surface area contributed by atoms with Crippen LogP contribution in [0.2, 0.25) is 0 Å². The summed E-state index contributed by atoms with van der Waals surface area (Å²) >= 11 is 0. The van der Waals surface area contributed by atoms with E-state index in [1.807, 2.05) is 0 Å². The van der Waals surface area contributed by atoms with E-state index in [0.29, 0.717) is 6.54 Å². The highest BCUT2D eigenvalue weighted by molar-refractivity contribution is 4.85. The Morgan fingerprint density at radius 1 is 1.12 bits per heavy atom. The van der Waals surface area contributed by atoms with Gasteiger partial charge in [0.2, 0.25) is 0 Å². The van der Waals surface area contributed by atoms with Crippen molar-refractivity contribution in [3.63, 3.8) is 0 Å². The Hall–Kier alpha value is -0.120. The van der Waals surface area contributed by atoms with Gasteiger partial charge in [-0.3, -0.25) is 4.90 Å². The largest absolute Gasteiger partial charge is 0.395 e. The minimum Gasteiger partial charge on any atom is -0.395 e. The minimum absolute atomic E-state index is 0.194. The van der Waals surface area contributed by atoms with Crippen LogP contribution in [0.3, 0.4) is 0 Å². The first kappa shape index (κ1) is 13.9. The molecule has 0 spiro atoms. The number of nitrogens with zero attached hydrogens (tertiary/aromatic N) is 1. The van der Waals surface area contributed by atoms with E-state index in [9.17, 15) is 5.11 Å². The van der Waals surface area contributed by atoms with Crippen LogP contribution in [0.15, 0.2) is 0 Å². The van der Waals surface area contributed by atoms with Gasteiger partial charge in [0.1, 0.15) is 0 Å². The van der Waals surface area contributed by atoms with Gasteiger partial charge < -0.3 is 10.2 Å². The first-order valence-electron chi connectivity index (χ1n) is 6.76. The van der Waals surface area contributed by atoms with Gasteiger partial charge in [0, 0.05) is 13.1 Å². The van der Waals surface area contributed by atoms with Crippen LogP contribution < -0.4 is 0 Å². The summed E-state index contributed by atoms with van der Waals surface area (Å²) in [6.07, 6.45) is 7.74. The van der Waals surface area contributed by atoms with E-state index in [4.69, 9.17) is 5.11 Å². The summed E-state index contributed by atoms with van der Waals surface area (Å²) in [5.41, 5.74) is -0.485. The molecule has 0 saturated heterocycles. The Morgan fingerprint density at radius 3 is 2.38 bits per heavy atom. The molecule has 1 saturated carbocycles. The molecule has 0 radical (unpaired) electrons. The second kappa shape index (κ2) is 7.25. The predicted octanol–water partition coefficient (Wildman–Crippen LogP) is 1.78. The molecule has 16 heavy (non-hydrogen) atoms. The third-order valence-electron chi connectivity index (χ3n) is 3.55. The quantitative estimate of drug-likeness (QED) is 0.699. The highest BCUT2D eigenvalue weighted by Crippen LogP contribution is 2.28. The maximum atomic E-state index is 10.4. The van der Waals surface area contributed by atoms with E-state index >= 15 is 0 Å². The first-order chi connectivity index (χ1) is 7.70. The van der Waals surface area contributed by atoms with Crippen molar-refractivity contribution in [3.05, 3.63) is 0 Å². The molecule has 0 aromatic carbocycles. The van der Waals surface area contributed by atoms with Gasteiger partial charge in [-0.15, -0.1) is 0 Å². The number of rotatable bonds is 7. The number of hydrogen-bond donors (Lipinski definition) is 2. The average molecular weight is 229 g/mol. The molecule has 0 aromatic heterocycles. The fourth-order valence-electron chi connectivity index (χ4n) is 2.58. The van der Waals surface area contributed by atoms with E-state index in [-0.39, 0.29) is 6.61 Å². The van der Waals surface area contributed by atoms with Gasteiger partial charge in [0.15, 0.2) is 0 Å². The molecule has 0 unspecified atom stereocenters. The third kappa shape index (κ3) is 4.81. The maximum Gasteiger partial charge on any atom is 0.0774 e. The van der Waals surface area contributed by atoms with Crippen molar-refractivity contribution >= 4 is 0 Å². The van der Waals surface area contributed by atoms with Crippen LogP contribution in [0, 0.1) is 0 Å². The molecule has 96 valence electrons. The fraction of sp³-hybridized carbons (Fsp3) is 1.00. The van der Waals surface area contributed by atoms with Crippen LogP contribution in [-0.2, 0) is 0 Å². The minimum atomic E-state index is -0.485. The van der Waals surface area contributed by atoms with Crippen molar-refractivity contribution < 1.29 is 10.2 Å². The topological polar surface area (TPSA) is 43.7 Å². The summed E-state index contributed by atoms with van der Waals surface area (Å²) in [5.74, 6) is 0. The highest BCUT2D eigenvalue weighted by atomic mass is 16.3. The van der Waals surface area contributed by atoms with Gasteiger partial charge in [0.05, 0.1) is 12.2 Å². The van der Waals surface area contributed by atoms with E-state index in [2.05, 4.69) is 11.8 Å². The first-order valence-corrected chi connectivity index (χ1v) is 6.76. The van der Waals surface area contributed by atoms with Gasteiger partial charge in [-0.25, -0.2) is 0 Å². The van der Waals surface area contributed by atoms with E-state index in [1.165, 1.54) is 12.8 Å². The maximum absolute atomic E-state index is 10.4. The molecule has 1 aliphatic rings. The normalized spacial score (nSPS) is 20.2. The number of aliphatic hydroxyl groups excluding tert-OH is 1. The Bertz CT molecular complexity index is 179. The smallest absolute Gasteiger partial charge is 0.0774 e. The molecule has 1 aliphatic carbocycles. The lowest BCUT2D eigenvalue weighted by atomic mass is 9.84. The van der Waals surface area contributed by atoms with Crippen molar-refractivity contribution in [3.8, 4) is 0 Å². The van der Waals surface area contributed by atoms with E-state index in [0.717, 1.165) is 45.2 Å². The second-order valence-electron chi connectivity index (χ2n) is 5.14. The molecule has 2 N–H and O–H groups in total. The van der Waals surface area contributed by atoms with Gasteiger partial charge >= 0.3 is 0 Å². The molecule has 3 nitrogen and oxygen atoms in total. The lowest BCUT2D eigenvalue weighted by Gasteiger charge is -2.36. The Labute approximate surface area is 99.5 Å². The monoisotopic (exact) mass is 229 g/mol. The molecule has 0 bridgehead atoms. The van der Waals surface area contributed by atoms with Gasteiger partial charge in [-0.05, 0) is 25.8 Å². The van der Waals surface area contributed by atoms with Crippen LogP contribution in [0.4, 0.5) is 0 Å².